The van der Waals surface area contributed by atoms with Crippen LogP contribution in [-0.2, 0) is 11.3 Å². The van der Waals surface area contributed by atoms with Crippen molar-refractivity contribution in [3.8, 4) is 0 Å². The fourth-order valence-corrected chi connectivity index (χ4v) is 6.15. The summed E-state index contributed by atoms with van der Waals surface area (Å²) in [4.78, 5) is 34.2. The molecule has 4 aromatic rings. The summed E-state index contributed by atoms with van der Waals surface area (Å²) in [5.74, 6) is 0.393. The van der Waals surface area contributed by atoms with E-state index in [-0.39, 0.29) is 23.3 Å². The van der Waals surface area contributed by atoms with E-state index in [0.29, 0.717) is 22.6 Å². The van der Waals surface area contributed by atoms with Crippen LogP contribution < -0.4 is 5.56 Å². The highest BCUT2D eigenvalue weighted by Gasteiger charge is 2.30. The number of carbonyl (C=O) groups is 1. The molecule has 0 spiro atoms. The van der Waals surface area contributed by atoms with Crippen molar-refractivity contribution in [2.45, 2.75) is 37.5 Å². The highest BCUT2D eigenvalue weighted by atomic mass is 32.2. The Morgan fingerprint density at radius 3 is 2.74 bits per heavy atom. The zero-order valence-electron chi connectivity index (χ0n) is 17.3. The minimum Gasteiger partial charge on any atom is -0.334 e. The predicted molar refractivity (Wildman–Crippen MR) is 128 cm³/mol. The largest absolute Gasteiger partial charge is 0.334 e. The van der Waals surface area contributed by atoms with Crippen molar-refractivity contribution < 1.29 is 4.79 Å². The molecule has 0 radical (unpaired) electrons. The lowest BCUT2D eigenvalue weighted by Gasteiger charge is -2.24. The first-order valence-corrected chi connectivity index (χ1v) is 12.4. The van der Waals surface area contributed by atoms with Gasteiger partial charge in [-0.1, -0.05) is 42.1 Å². The third kappa shape index (κ3) is 3.77. The number of nitrogens with zero attached hydrogens (tertiary/aromatic N) is 3. The normalized spacial score (nSPS) is 16.4. The average Bonchev–Trinajstić information content (AvgIpc) is 3.48. The fourth-order valence-electron chi connectivity index (χ4n) is 4.33. The van der Waals surface area contributed by atoms with Crippen molar-refractivity contribution >= 4 is 50.7 Å². The number of fused-ring (bicyclic) bond motifs is 2. The van der Waals surface area contributed by atoms with Crippen LogP contribution in [0.25, 0.3) is 21.7 Å². The van der Waals surface area contributed by atoms with Crippen molar-refractivity contribution in [1.82, 2.24) is 14.5 Å². The number of thiophene rings is 1. The van der Waals surface area contributed by atoms with Gasteiger partial charge in [0.25, 0.3) is 5.56 Å². The summed E-state index contributed by atoms with van der Waals surface area (Å²) in [6, 6.07) is 16.2. The molecule has 2 aromatic heterocycles. The van der Waals surface area contributed by atoms with E-state index in [2.05, 4.69) is 11.4 Å². The van der Waals surface area contributed by atoms with Gasteiger partial charge in [-0.05, 0) is 54.1 Å². The Hall–Kier alpha value is -2.64. The first-order chi connectivity index (χ1) is 15.2. The molecule has 1 unspecified atom stereocenters. The third-order valence-electron chi connectivity index (χ3n) is 5.87. The molecule has 7 heteroatoms. The van der Waals surface area contributed by atoms with E-state index in [1.165, 1.54) is 16.6 Å². The molecule has 1 fully saturated rings. The molecule has 5 nitrogen and oxygen atoms in total. The smallest absolute Gasteiger partial charge is 0.262 e. The molecular weight excluding hydrogens is 426 g/mol. The average molecular weight is 450 g/mol. The number of hydrogen-bond donors (Lipinski definition) is 0. The second-order valence-electron chi connectivity index (χ2n) is 7.71. The minimum absolute atomic E-state index is 0.0502. The van der Waals surface area contributed by atoms with E-state index < -0.39 is 0 Å². The first-order valence-electron chi connectivity index (χ1n) is 10.5. The Morgan fingerprint density at radius 1 is 1.19 bits per heavy atom. The Kier molecular flexibility index (Phi) is 5.54. The van der Waals surface area contributed by atoms with Crippen LogP contribution in [0.4, 0.5) is 0 Å². The monoisotopic (exact) mass is 449 g/mol. The molecule has 1 amide bonds. The van der Waals surface area contributed by atoms with Gasteiger partial charge in [0.15, 0.2) is 5.16 Å². The van der Waals surface area contributed by atoms with Gasteiger partial charge in [-0.25, -0.2) is 4.98 Å². The Balaban J connectivity index is 1.43. The van der Waals surface area contributed by atoms with Gasteiger partial charge in [0.2, 0.25) is 5.91 Å². The quantitative estimate of drug-likeness (QED) is 0.242. The van der Waals surface area contributed by atoms with E-state index in [1.807, 2.05) is 54.3 Å². The van der Waals surface area contributed by atoms with Gasteiger partial charge in [-0.15, -0.1) is 11.3 Å². The molecule has 0 saturated carbocycles. The molecule has 1 aliphatic rings. The molecule has 1 atom stereocenters. The predicted octanol–water partition coefficient (Wildman–Crippen LogP) is 5.09. The Morgan fingerprint density at radius 2 is 2.00 bits per heavy atom. The van der Waals surface area contributed by atoms with Crippen molar-refractivity contribution in [3.63, 3.8) is 0 Å². The van der Waals surface area contributed by atoms with Crippen LogP contribution in [0.5, 0.6) is 0 Å². The zero-order chi connectivity index (χ0) is 21.4. The van der Waals surface area contributed by atoms with E-state index in [0.717, 1.165) is 30.2 Å². The van der Waals surface area contributed by atoms with E-state index in [1.54, 1.807) is 15.9 Å². The maximum absolute atomic E-state index is 13.1. The Labute approximate surface area is 188 Å². The Bertz CT molecular complexity index is 1310. The molecule has 158 valence electrons. The van der Waals surface area contributed by atoms with E-state index in [4.69, 9.17) is 4.98 Å². The number of hydrogen-bond acceptors (Lipinski definition) is 5. The lowest BCUT2D eigenvalue weighted by Crippen LogP contribution is -2.32. The van der Waals surface area contributed by atoms with Gasteiger partial charge in [-0.2, -0.15) is 0 Å². The van der Waals surface area contributed by atoms with Crippen LogP contribution >= 0.6 is 23.1 Å². The molecule has 0 bridgehead atoms. The van der Waals surface area contributed by atoms with Gasteiger partial charge in [-0.3, -0.25) is 14.2 Å². The summed E-state index contributed by atoms with van der Waals surface area (Å²) in [6.07, 6.45) is 2.04. The van der Waals surface area contributed by atoms with Crippen LogP contribution in [0.2, 0.25) is 0 Å². The standard InChI is InChI=1S/C24H23N3O2S2/c1-2-26-23(29)18-13-16-7-3-4-8-17(16)14-19(18)25-24(26)31-15-22(28)27-11-5-9-20(27)21-10-6-12-30-21/h3-4,6-8,10,12-14,20H,2,5,9,11,15H2,1H3. The summed E-state index contributed by atoms with van der Waals surface area (Å²) >= 11 is 3.07. The number of thioether (sulfide) groups is 1. The molecule has 0 aliphatic carbocycles. The molecule has 31 heavy (non-hydrogen) atoms. The molecule has 1 saturated heterocycles. The SMILES string of the molecule is CCn1c(SCC(=O)N2CCCC2c2cccs2)nc2cc3ccccc3cc2c1=O. The van der Waals surface area contributed by atoms with Crippen LogP contribution in [0, 0.1) is 0 Å². The maximum Gasteiger partial charge on any atom is 0.262 e. The van der Waals surface area contributed by atoms with Crippen molar-refractivity contribution in [2.24, 2.45) is 0 Å². The van der Waals surface area contributed by atoms with Crippen LogP contribution in [0.15, 0.2) is 63.9 Å². The summed E-state index contributed by atoms with van der Waals surface area (Å²) in [5, 5.41) is 5.37. The number of carbonyl (C=O) groups excluding carboxylic acids is 1. The maximum atomic E-state index is 13.1. The van der Waals surface area contributed by atoms with Crippen LogP contribution in [-0.4, -0.2) is 32.7 Å². The number of aromatic nitrogens is 2. The number of benzene rings is 2. The lowest BCUT2D eigenvalue weighted by molar-refractivity contribution is -0.129. The number of likely N-dealkylation sites (tertiary alicyclic amines) is 1. The summed E-state index contributed by atoms with van der Waals surface area (Å²) in [5.41, 5.74) is 0.631. The summed E-state index contributed by atoms with van der Waals surface area (Å²) in [7, 11) is 0. The summed E-state index contributed by atoms with van der Waals surface area (Å²) < 4.78 is 1.68. The van der Waals surface area contributed by atoms with Gasteiger partial charge < -0.3 is 4.90 Å². The second kappa shape index (κ2) is 8.48. The third-order valence-corrected chi connectivity index (χ3v) is 7.81. The highest BCUT2D eigenvalue weighted by molar-refractivity contribution is 7.99. The number of rotatable bonds is 5. The van der Waals surface area contributed by atoms with Gasteiger partial charge in [0, 0.05) is 18.0 Å². The van der Waals surface area contributed by atoms with Crippen molar-refractivity contribution in [3.05, 3.63) is 69.1 Å². The first kappa shape index (κ1) is 20.3. The van der Waals surface area contributed by atoms with E-state index in [9.17, 15) is 9.59 Å². The number of amides is 1. The molecule has 5 rings (SSSR count). The highest BCUT2D eigenvalue weighted by Crippen LogP contribution is 2.35. The molecule has 1 aliphatic heterocycles. The van der Waals surface area contributed by atoms with E-state index >= 15 is 0 Å². The van der Waals surface area contributed by atoms with Gasteiger partial charge >= 0.3 is 0 Å². The van der Waals surface area contributed by atoms with Crippen LogP contribution in [0.1, 0.15) is 30.7 Å². The zero-order valence-corrected chi connectivity index (χ0v) is 18.9. The fraction of sp³-hybridized carbons (Fsp3) is 0.292. The van der Waals surface area contributed by atoms with Crippen molar-refractivity contribution in [1.29, 1.82) is 0 Å². The van der Waals surface area contributed by atoms with Crippen LogP contribution in [0.3, 0.4) is 0 Å². The molecule has 0 N–H and O–H groups in total. The second-order valence-corrected chi connectivity index (χ2v) is 9.63. The molecular formula is C24H23N3O2S2. The lowest BCUT2D eigenvalue weighted by atomic mass is 10.1. The summed E-state index contributed by atoms with van der Waals surface area (Å²) in [6.45, 7) is 3.25. The molecule has 3 heterocycles. The topological polar surface area (TPSA) is 55.2 Å². The van der Waals surface area contributed by atoms with Gasteiger partial charge in [0.05, 0.1) is 22.7 Å². The molecule has 2 aromatic carbocycles. The minimum atomic E-state index is -0.0502. The van der Waals surface area contributed by atoms with Gasteiger partial charge in [0.1, 0.15) is 0 Å². The van der Waals surface area contributed by atoms with Crippen molar-refractivity contribution in [2.75, 3.05) is 12.3 Å².